The molecule has 92 valence electrons. The first-order valence-corrected chi connectivity index (χ1v) is 6.48. The summed E-state index contributed by atoms with van der Waals surface area (Å²) in [6.07, 6.45) is 1.95. The Hall–Kier alpha value is -0.450. The van der Waals surface area contributed by atoms with Crippen LogP contribution in [0.2, 0.25) is 0 Å². The van der Waals surface area contributed by atoms with E-state index in [9.17, 15) is 0 Å². The van der Waals surface area contributed by atoms with Crippen molar-refractivity contribution in [1.29, 1.82) is 0 Å². The summed E-state index contributed by atoms with van der Waals surface area (Å²) in [6, 6.07) is 0.413. The Morgan fingerprint density at radius 1 is 1.56 bits per heavy atom. The van der Waals surface area contributed by atoms with Crippen LogP contribution in [0.3, 0.4) is 0 Å². The lowest BCUT2D eigenvalue weighted by atomic mass is 9.96. The maximum Gasteiger partial charge on any atom is 0.0897 e. The molecule has 0 spiro atoms. The predicted octanol–water partition coefficient (Wildman–Crippen LogP) is 2.40. The number of aromatic nitrogens is 1. The molecule has 0 saturated carbocycles. The van der Waals surface area contributed by atoms with Crippen LogP contribution in [0.4, 0.5) is 0 Å². The van der Waals surface area contributed by atoms with Crippen molar-refractivity contribution in [3.8, 4) is 0 Å². The third-order valence-corrected chi connectivity index (χ3v) is 3.64. The summed E-state index contributed by atoms with van der Waals surface area (Å²) >= 11 is 1.71. The van der Waals surface area contributed by atoms with E-state index in [1.54, 1.807) is 18.4 Å². The summed E-state index contributed by atoms with van der Waals surface area (Å²) in [6.45, 7) is 6.27. The van der Waals surface area contributed by atoms with E-state index in [2.05, 4.69) is 29.5 Å². The highest BCUT2D eigenvalue weighted by atomic mass is 32.1. The monoisotopic (exact) mass is 242 g/mol. The van der Waals surface area contributed by atoms with Crippen molar-refractivity contribution < 1.29 is 4.74 Å². The second kappa shape index (κ2) is 5.75. The van der Waals surface area contributed by atoms with Crippen molar-refractivity contribution in [1.82, 2.24) is 10.3 Å². The van der Waals surface area contributed by atoms with E-state index < -0.39 is 0 Å². The average Bonchev–Trinajstić information content (AvgIpc) is 2.63. The van der Waals surface area contributed by atoms with Gasteiger partial charge in [-0.05, 0) is 34.2 Å². The minimum absolute atomic E-state index is 0.0846. The SMILES string of the molecule is CNC(Cc1csc(C)n1)CC(C)(C)OC. The molecule has 4 heteroatoms. The molecule has 0 aliphatic heterocycles. The van der Waals surface area contributed by atoms with Crippen LogP contribution in [0.25, 0.3) is 0 Å². The Kier molecular flexibility index (Phi) is 4.89. The minimum Gasteiger partial charge on any atom is -0.379 e. The molecule has 1 aromatic rings. The minimum atomic E-state index is -0.0846. The van der Waals surface area contributed by atoms with Crippen molar-refractivity contribution in [2.24, 2.45) is 0 Å². The van der Waals surface area contributed by atoms with Gasteiger partial charge in [0, 0.05) is 25.0 Å². The second-order valence-corrected chi connectivity index (χ2v) is 5.78. The second-order valence-electron chi connectivity index (χ2n) is 4.72. The van der Waals surface area contributed by atoms with Gasteiger partial charge in [-0.3, -0.25) is 0 Å². The molecule has 1 rings (SSSR count). The fourth-order valence-corrected chi connectivity index (χ4v) is 2.33. The lowest BCUT2D eigenvalue weighted by Crippen LogP contribution is -2.37. The molecule has 1 aromatic heterocycles. The molecule has 1 atom stereocenters. The Balaban J connectivity index is 2.55. The standard InChI is InChI=1S/C12H22N2OS/c1-9-14-11(8-16-9)6-10(13-4)7-12(2,3)15-5/h8,10,13H,6-7H2,1-5H3. The molecular formula is C12H22N2OS. The predicted molar refractivity (Wildman–Crippen MR) is 69.1 cm³/mol. The van der Waals surface area contributed by atoms with E-state index in [1.165, 1.54) is 5.69 Å². The van der Waals surface area contributed by atoms with Crippen LogP contribution in [-0.4, -0.2) is 30.8 Å². The summed E-state index contributed by atoms with van der Waals surface area (Å²) in [5.41, 5.74) is 1.09. The normalized spacial score (nSPS) is 14.1. The van der Waals surface area contributed by atoms with Gasteiger partial charge in [0.1, 0.15) is 0 Å². The number of aryl methyl sites for hydroxylation is 1. The highest BCUT2D eigenvalue weighted by Crippen LogP contribution is 2.18. The molecule has 1 heterocycles. The lowest BCUT2D eigenvalue weighted by Gasteiger charge is -2.28. The van der Waals surface area contributed by atoms with E-state index in [4.69, 9.17) is 4.74 Å². The molecule has 0 bridgehead atoms. The van der Waals surface area contributed by atoms with E-state index in [0.717, 1.165) is 17.8 Å². The van der Waals surface area contributed by atoms with Gasteiger partial charge in [0.25, 0.3) is 0 Å². The molecule has 0 fully saturated rings. The number of nitrogens with one attached hydrogen (secondary N) is 1. The third kappa shape index (κ3) is 4.20. The number of ether oxygens (including phenoxy) is 1. The average molecular weight is 242 g/mol. The fourth-order valence-electron chi connectivity index (χ4n) is 1.71. The van der Waals surface area contributed by atoms with Crippen LogP contribution in [-0.2, 0) is 11.2 Å². The number of methoxy groups -OCH3 is 1. The maximum atomic E-state index is 5.46. The van der Waals surface area contributed by atoms with E-state index >= 15 is 0 Å². The number of rotatable bonds is 6. The number of nitrogens with zero attached hydrogens (tertiary/aromatic N) is 1. The number of hydrogen-bond donors (Lipinski definition) is 1. The molecule has 0 aliphatic rings. The van der Waals surface area contributed by atoms with Crippen molar-refractivity contribution in [3.63, 3.8) is 0 Å². The zero-order valence-electron chi connectivity index (χ0n) is 10.8. The van der Waals surface area contributed by atoms with Gasteiger partial charge in [-0.15, -0.1) is 11.3 Å². The highest BCUT2D eigenvalue weighted by Gasteiger charge is 2.22. The molecule has 1 N–H and O–H groups in total. The summed E-state index contributed by atoms with van der Waals surface area (Å²) in [7, 11) is 3.76. The van der Waals surface area contributed by atoms with Crippen LogP contribution in [0, 0.1) is 6.92 Å². The molecule has 1 unspecified atom stereocenters. The van der Waals surface area contributed by atoms with E-state index in [1.807, 2.05) is 14.0 Å². The Bertz CT molecular complexity index is 323. The number of thiazole rings is 1. The van der Waals surface area contributed by atoms with Gasteiger partial charge in [0.05, 0.1) is 16.3 Å². The number of likely N-dealkylation sites (N-methyl/N-ethyl adjacent to an activating group) is 1. The fraction of sp³-hybridized carbons (Fsp3) is 0.750. The van der Waals surface area contributed by atoms with Crippen LogP contribution in [0.1, 0.15) is 31.0 Å². The molecular weight excluding hydrogens is 220 g/mol. The zero-order valence-corrected chi connectivity index (χ0v) is 11.6. The topological polar surface area (TPSA) is 34.2 Å². The van der Waals surface area contributed by atoms with Crippen LogP contribution in [0.15, 0.2) is 5.38 Å². The van der Waals surface area contributed by atoms with Gasteiger partial charge in [-0.25, -0.2) is 4.98 Å². The summed E-state index contributed by atoms with van der Waals surface area (Å²) in [5.74, 6) is 0. The first-order chi connectivity index (χ1) is 7.46. The Morgan fingerprint density at radius 3 is 2.69 bits per heavy atom. The maximum absolute atomic E-state index is 5.46. The highest BCUT2D eigenvalue weighted by molar-refractivity contribution is 7.09. The van der Waals surface area contributed by atoms with Gasteiger partial charge < -0.3 is 10.1 Å². The van der Waals surface area contributed by atoms with Crippen LogP contribution in [0.5, 0.6) is 0 Å². The summed E-state index contributed by atoms with van der Waals surface area (Å²) < 4.78 is 5.46. The van der Waals surface area contributed by atoms with Crippen molar-refractivity contribution in [3.05, 3.63) is 16.1 Å². The summed E-state index contributed by atoms with van der Waals surface area (Å²) in [4.78, 5) is 4.49. The number of hydrogen-bond acceptors (Lipinski definition) is 4. The van der Waals surface area contributed by atoms with E-state index in [0.29, 0.717) is 6.04 Å². The lowest BCUT2D eigenvalue weighted by molar-refractivity contribution is 0.00767. The van der Waals surface area contributed by atoms with Gasteiger partial charge in [-0.1, -0.05) is 0 Å². The summed E-state index contributed by atoms with van der Waals surface area (Å²) in [5, 5.41) is 6.61. The molecule has 3 nitrogen and oxygen atoms in total. The van der Waals surface area contributed by atoms with Gasteiger partial charge in [0.15, 0.2) is 0 Å². The van der Waals surface area contributed by atoms with Gasteiger partial charge in [0.2, 0.25) is 0 Å². The van der Waals surface area contributed by atoms with Gasteiger partial charge in [-0.2, -0.15) is 0 Å². The molecule has 0 aliphatic carbocycles. The van der Waals surface area contributed by atoms with Crippen molar-refractivity contribution in [2.45, 2.75) is 45.3 Å². The largest absolute Gasteiger partial charge is 0.379 e. The Morgan fingerprint density at radius 2 is 2.25 bits per heavy atom. The van der Waals surface area contributed by atoms with Crippen molar-refractivity contribution in [2.75, 3.05) is 14.2 Å². The van der Waals surface area contributed by atoms with E-state index in [-0.39, 0.29) is 5.60 Å². The van der Waals surface area contributed by atoms with Gasteiger partial charge >= 0.3 is 0 Å². The van der Waals surface area contributed by atoms with Crippen molar-refractivity contribution >= 4 is 11.3 Å². The zero-order chi connectivity index (χ0) is 12.2. The first kappa shape index (κ1) is 13.6. The molecule has 0 saturated heterocycles. The molecule has 0 amide bonds. The quantitative estimate of drug-likeness (QED) is 0.832. The molecule has 0 aromatic carbocycles. The molecule has 0 radical (unpaired) electrons. The van der Waals surface area contributed by atoms with Crippen LogP contribution >= 0.6 is 11.3 Å². The first-order valence-electron chi connectivity index (χ1n) is 5.60. The third-order valence-electron chi connectivity index (χ3n) is 2.82. The Labute approximate surface area is 102 Å². The smallest absolute Gasteiger partial charge is 0.0897 e. The molecule has 16 heavy (non-hydrogen) atoms. The van der Waals surface area contributed by atoms with Crippen LogP contribution < -0.4 is 5.32 Å².